The molecule has 0 aliphatic rings. The van der Waals surface area contributed by atoms with Gasteiger partial charge in [0.2, 0.25) is 0 Å². The van der Waals surface area contributed by atoms with Crippen LogP contribution in [0.2, 0.25) is 0 Å². The van der Waals surface area contributed by atoms with E-state index in [1.54, 1.807) is 12.1 Å². The molecule has 78 valence electrons. The highest BCUT2D eigenvalue weighted by atomic mass is 14.9. The van der Waals surface area contributed by atoms with Crippen LogP contribution in [0.1, 0.15) is 0 Å². The van der Waals surface area contributed by atoms with Gasteiger partial charge in [-0.3, -0.25) is 0 Å². The first-order chi connectivity index (χ1) is 7.74. The van der Waals surface area contributed by atoms with Gasteiger partial charge >= 0.3 is 0 Å². The summed E-state index contributed by atoms with van der Waals surface area (Å²) in [5.74, 6) is 0.980. The molecule has 1 aromatic carbocycles. The zero-order valence-electron chi connectivity index (χ0n) is 8.51. The summed E-state index contributed by atoms with van der Waals surface area (Å²) in [5.41, 5.74) is 13.0. The second-order valence-electron chi connectivity index (χ2n) is 3.68. The lowest BCUT2D eigenvalue weighted by Crippen LogP contribution is -1.94. The Balaban J connectivity index is 2.55. The Hall–Kier alpha value is -2.36. The average Bonchev–Trinajstić information content (AvgIpc) is 2.29. The van der Waals surface area contributed by atoms with E-state index in [1.165, 1.54) is 0 Å². The van der Waals surface area contributed by atoms with E-state index in [1.807, 2.05) is 24.3 Å². The molecule has 4 nitrogen and oxygen atoms in total. The van der Waals surface area contributed by atoms with E-state index >= 15 is 0 Å². The molecule has 2 heterocycles. The van der Waals surface area contributed by atoms with Crippen LogP contribution in [-0.4, -0.2) is 9.97 Å². The van der Waals surface area contributed by atoms with Gasteiger partial charge in [-0.15, -0.1) is 0 Å². The van der Waals surface area contributed by atoms with E-state index in [0.717, 1.165) is 21.8 Å². The van der Waals surface area contributed by atoms with Crippen LogP contribution >= 0.6 is 0 Å². The third kappa shape index (κ3) is 1.24. The van der Waals surface area contributed by atoms with Gasteiger partial charge in [0.25, 0.3) is 0 Å². The molecule has 0 saturated heterocycles. The molecular formula is C12H10N4. The molecule has 0 fully saturated rings. The first-order valence-corrected chi connectivity index (χ1v) is 4.95. The number of anilines is 2. The van der Waals surface area contributed by atoms with Crippen molar-refractivity contribution >= 4 is 33.4 Å². The monoisotopic (exact) mass is 210 g/mol. The molecule has 0 aliphatic carbocycles. The average molecular weight is 210 g/mol. The Bertz CT molecular complexity index is 630. The van der Waals surface area contributed by atoms with Gasteiger partial charge in [-0.25, -0.2) is 9.97 Å². The molecule has 0 bridgehead atoms. The minimum Gasteiger partial charge on any atom is -0.384 e. The molecule has 3 aromatic rings. The van der Waals surface area contributed by atoms with Crippen LogP contribution in [0.15, 0.2) is 36.4 Å². The Kier molecular flexibility index (Phi) is 1.71. The maximum atomic E-state index is 5.68. The van der Waals surface area contributed by atoms with Crippen LogP contribution < -0.4 is 11.5 Å². The normalized spacial score (nSPS) is 11.0. The summed E-state index contributed by atoms with van der Waals surface area (Å²) in [6.07, 6.45) is 0. The lowest BCUT2D eigenvalue weighted by Gasteiger charge is -2.03. The van der Waals surface area contributed by atoms with Crippen molar-refractivity contribution in [1.29, 1.82) is 0 Å². The van der Waals surface area contributed by atoms with E-state index in [2.05, 4.69) is 9.97 Å². The van der Waals surface area contributed by atoms with Gasteiger partial charge in [-0.2, -0.15) is 0 Å². The minimum absolute atomic E-state index is 0.490. The molecule has 16 heavy (non-hydrogen) atoms. The number of aromatic nitrogens is 2. The van der Waals surface area contributed by atoms with Gasteiger partial charge in [-0.1, -0.05) is 12.1 Å². The van der Waals surface area contributed by atoms with Crippen molar-refractivity contribution in [3.8, 4) is 0 Å². The number of hydrogen-bond donors (Lipinski definition) is 2. The third-order valence-electron chi connectivity index (χ3n) is 2.56. The van der Waals surface area contributed by atoms with Gasteiger partial charge in [0.1, 0.15) is 11.6 Å². The highest BCUT2D eigenvalue weighted by Gasteiger charge is 2.03. The minimum atomic E-state index is 0.490. The van der Waals surface area contributed by atoms with Crippen molar-refractivity contribution in [2.24, 2.45) is 0 Å². The summed E-state index contributed by atoms with van der Waals surface area (Å²) < 4.78 is 0. The molecule has 0 atom stereocenters. The molecule has 3 rings (SSSR count). The van der Waals surface area contributed by atoms with Crippen molar-refractivity contribution in [3.05, 3.63) is 36.4 Å². The maximum absolute atomic E-state index is 5.68. The predicted molar refractivity (Wildman–Crippen MR) is 65.9 cm³/mol. The molecule has 0 amide bonds. The predicted octanol–water partition coefficient (Wildman–Crippen LogP) is 1.95. The molecule has 0 spiro atoms. The largest absolute Gasteiger partial charge is 0.384 e. The van der Waals surface area contributed by atoms with Gasteiger partial charge in [0.15, 0.2) is 0 Å². The highest BCUT2D eigenvalue weighted by Crippen LogP contribution is 2.23. The van der Waals surface area contributed by atoms with Crippen LogP contribution in [0.25, 0.3) is 21.8 Å². The molecular weight excluding hydrogens is 200 g/mol. The van der Waals surface area contributed by atoms with E-state index in [-0.39, 0.29) is 0 Å². The molecule has 0 unspecified atom stereocenters. The summed E-state index contributed by atoms with van der Waals surface area (Å²) in [4.78, 5) is 8.61. The smallest absolute Gasteiger partial charge is 0.124 e. The SMILES string of the molecule is Nc1ccc2ccc3ccc(N)nc3c2n1. The zero-order valence-corrected chi connectivity index (χ0v) is 8.51. The summed E-state index contributed by atoms with van der Waals surface area (Å²) in [6.45, 7) is 0. The van der Waals surface area contributed by atoms with Crippen LogP contribution in [0, 0.1) is 0 Å². The van der Waals surface area contributed by atoms with Crippen molar-refractivity contribution < 1.29 is 0 Å². The van der Waals surface area contributed by atoms with Crippen molar-refractivity contribution in [3.63, 3.8) is 0 Å². The fourth-order valence-electron chi connectivity index (χ4n) is 1.80. The number of nitrogens with two attached hydrogens (primary N) is 2. The summed E-state index contributed by atoms with van der Waals surface area (Å²) >= 11 is 0. The van der Waals surface area contributed by atoms with Crippen molar-refractivity contribution in [1.82, 2.24) is 9.97 Å². The molecule has 0 radical (unpaired) electrons. The molecule has 0 saturated carbocycles. The van der Waals surface area contributed by atoms with Gasteiger partial charge in [0, 0.05) is 10.8 Å². The third-order valence-corrected chi connectivity index (χ3v) is 2.56. The van der Waals surface area contributed by atoms with Gasteiger partial charge in [0.05, 0.1) is 11.0 Å². The van der Waals surface area contributed by atoms with E-state index in [4.69, 9.17) is 11.5 Å². The summed E-state index contributed by atoms with van der Waals surface area (Å²) in [7, 11) is 0. The number of benzene rings is 1. The number of nitrogen functional groups attached to an aromatic ring is 2. The van der Waals surface area contributed by atoms with Crippen molar-refractivity contribution in [2.75, 3.05) is 11.5 Å². The van der Waals surface area contributed by atoms with Crippen molar-refractivity contribution in [2.45, 2.75) is 0 Å². The van der Waals surface area contributed by atoms with E-state index in [9.17, 15) is 0 Å². The van der Waals surface area contributed by atoms with Crippen LogP contribution in [-0.2, 0) is 0 Å². The van der Waals surface area contributed by atoms with Crippen LogP contribution in [0.3, 0.4) is 0 Å². The second kappa shape index (κ2) is 3.06. The maximum Gasteiger partial charge on any atom is 0.124 e. The van der Waals surface area contributed by atoms with Crippen LogP contribution in [0.4, 0.5) is 11.6 Å². The molecule has 2 aromatic heterocycles. The van der Waals surface area contributed by atoms with E-state index in [0.29, 0.717) is 11.6 Å². The Morgan fingerprint density at radius 2 is 1.00 bits per heavy atom. The standard InChI is InChI=1S/C12H10N4/c13-9-5-3-7-1-2-8-4-6-10(14)16-12(8)11(7)15-9/h1-6H,(H2,13,15)(H2,14,16). The lowest BCUT2D eigenvalue weighted by molar-refractivity contribution is 1.38. The number of rotatable bonds is 0. The number of pyridine rings is 2. The Morgan fingerprint density at radius 3 is 1.44 bits per heavy atom. The fourth-order valence-corrected chi connectivity index (χ4v) is 1.80. The quantitative estimate of drug-likeness (QED) is 0.556. The van der Waals surface area contributed by atoms with Crippen LogP contribution in [0.5, 0.6) is 0 Å². The number of hydrogen-bond acceptors (Lipinski definition) is 4. The highest BCUT2D eigenvalue weighted by molar-refractivity contribution is 6.03. The summed E-state index contributed by atoms with van der Waals surface area (Å²) in [6, 6.07) is 11.4. The topological polar surface area (TPSA) is 77.8 Å². The second-order valence-corrected chi connectivity index (χ2v) is 3.68. The molecule has 0 aliphatic heterocycles. The Morgan fingerprint density at radius 1 is 0.625 bits per heavy atom. The van der Waals surface area contributed by atoms with Gasteiger partial charge < -0.3 is 11.5 Å². The molecule has 4 N–H and O–H groups in total. The zero-order chi connectivity index (χ0) is 11.1. The summed E-state index contributed by atoms with van der Waals surface area (Å²) in [5, 5.41) is 2.03. The number of fused-ring (bicyclic) bond motifs is 3. The first kappa shape index (κ1) is 8.91. The first-order valence-electron chi connectivity index (χ1n) is 4.95. The fraction of sp³-hybridized carbons (Fsp3) is 0. The lowest BCUT2D eigenvalue weighted by atomic mass is 10.1. The van der Waals surface area contributed by atoms with E-state index < -0.39 is 0 Å². The number of nitrogens with zero attached hydrogens (tertiary/aromatic N) is 2. The molecule has 4 heteroatoms. The Labute approximate surface area is 91.9 Å². The van der Waals surface area contributed by atoms with Gasteiger partial charge in [-0.05, 0) is 24.3 Å².